The highest BCUT2D eigenvalue weighted by Crippen LogP contribution is 2.23. The Morgan fingerprint density at radius 1 is 1.12 bits per heavy atom. The van der Waals surface area contributed by atoms with Crippen LogP contribution in [0.2, 0.25) is 0 Å². The number of hydrogen-bond donors (Lipinski definition) is 2. The molecule has 0 radical (unpaired) electrons. The Morgan fingerprint density at radius 3 is 2.62 bits per heavy atom. The zero-order valence-corrected chi connectivity index (χ0v) is 18.2. The summed E-state index contributed by atoms with van der Waals surface area (Å²) in [4.78, 5) is 31.1. The predicted octanol–water partition coefficient (Wildman–Crippen LogP) is 2.06. The SMILES string of the molecule is CN(C)Cc1nc(-c2ccc(-c3cnc4[nH]c(=O)n(CC5CCOCC5)c4n3)cc2)n[nH]1. The van der Waals surface area contributed by atoms with E-state index in [0.717, 1.165) is 43.0 Å². The molecule has 2 N–H and O–H groups in total. The van der Waals surface area contributed by atoms with E-state index in [1.54, 1.807) is 10.8 Å². The second kappa shape index (κ2) is 8.64. The molecule has 10 heteroatoms. The monoisotopic (exact) mass is 434 g/mol. The second-order valence-corrected chi connectivity index (χ2v) is 8.44. The molecular weight excluding hydrogens is 408 g/mol. The number of ether oxygens (including phenoxy) is 1. The summed E-state index contributed by atoms with van der Waals surface area (Å²) in [5, 5.41) is 7.29. The first kappa shape index (κ1) is 20.5. The zero-order valence-electron chi connectivity index (χ0n) is 18.2. The first-order chi connectivity index (χ1) is 15.6. The molecule has 1 aromatic carbocycles. The molecular formula is C22H26N8O2. The van der Waals surface area contributed by atoms with E-state index in [1.807, 2.05) is 43.3 Å². The Hall–Kier alpha value is -3.37. The van der Waals surface area contributed by atoms with Gasteiger partial charge in [0.05, 0.1) is 18.4 Å². The van der Waals surface area contributed by atoms with Crippen molar-refractivity contribution < 1.29 is 4.74 Å². The van der Waals surface area contributed by atoms with E-state index in [1.165, 1.54) is 0 Å². The third-order valence-electron chi connectivity index (χ3n) is 5.70. The van der Waals surface area contributed by atoms with Gasteiger partial charge in [-0.2, -0.15) is 5.10 Å². The number of nitrogens with one attached hydrogen (secondary N) is 2. The lowest BCUT2D eigenvalue weighted by Gasteiger charge is -2.21. The topological polar surface area (TPSA) is 118 Å². The molecule has 10 nitrogen and oxygen atoms in total. The molecule has 166 valence electrons. The van der Waals surface area contributed by atoms with Gasteiger partial charge in [0.25, 0.3) is 0 Å². The molecule has 4 heterocycles. The number of nitrogens with zero attached hydrogens (tertiary/aromatic N) is 6. The maximum Gasteiger partial charge on any atom is 0.328 e. The van der Waals surface area contributed by atoms with E-state index in [9.17, 15) is 4.79 Å². The fourth-order valence-electron chi connectivity index (χ4n) is 4.00. The van der Waals surface area contributed by atoms with E-state index in [-0.39, 0.29) is 5.69 Å². The van der Waals surface area contributed by atoms with Crippen LogP contribution in [0.4, 0.5) is 0 Å². The lowest BCUT2D eigenvalue weighted by atomic mass is 10.0. The van der Waals surface area contributed by atoms with Gasteiger partial charge in [0.15, 0.2) is 17.1 Å². The summed E-state index contributed by atoms with van der Waals surface area (Å²) >= 11 is 0. The number of rotatable bonds is 6. The smallest absolute Gasteiger partial charge is 0.328 e. The van der Waals surface area contributed by atoms with Gasteiger partial charge in [0, 0.05) is 30.9 Å². The van der Waals surface area contributed by atoms with Crippen molar-refractivity contribution in [1.29, 1.82) is 0 Å². The van der Waals surface area contributed by atoms with Crippen LogP contribution in [0.25, 0.3) is 33.9 Å². The van der Waals surface area contributed by atoms with Crippen LogP contribution < -0.4 is 5.69 Å². The van der Waals surface area contributed by atoms with Crippen molar-refractivity contribution in [2.75, 3.05) is 27.3 Å². The quantitative estimate of drug-likeness (QED) is 0.477. The first-order valence-corrected chi connectivity index (χ1v) is 10.8. The van der Waals surface area contributed by atoms with Crippen LogP contribution >= 0.6 is 0 Å². The summed E-state index contributed by atoms with van der Waals surface area (Å²) in [5.41, 5.74) is 3.48. The molecule has 0 aliphatic carbocycles. The molecule has 4 aromatic rings. The lowest BCUT2D eigenvalue weighted by Crippen LogP contribution is -2.26. The summed E-state index contributed by atoms with van der Waals surface area (Å²) in [6.45, 7) is 2.81. The van der Waals surface area contributed by atoms with Crippen LogP contribution in [-0.2, 0) is 17.8 Å². The highest BCUT2D eigenvalue weighted by molar-refractivity contribution is 5.72. The molecule has 0 unspecified atom stereocenters. The van der Waals surface area contributed by atoms with E-state index in [4.69, 9.17) is 9.72 Å². The van der Waals surface area contributed by atoms with Crippen LogP contribution in [0.5, 0.6) is 0 Å². The molecule has 32 heavy (non-hydrogen) atoms. The Balaban J connectivity index is 1.41. The second-order valence-electron chi connectivity index (χ2n) is 8.44. The number of fused-ring (bicyclic) bond motifs is 1. The highest BCUT2D eigenvalue weighted by atomic mass is 16.5. The number of hydrogen-bond acceptors (Lipinski definition) is 7. The van der Waals surface area contributed by atoms with E-state index in [2.05, 4.69) is 25.1 Å². The molecule has 1 aliphatic heterocycles. The van der Waals surface area contributed by atoms with E-state index >= 15 is 0 Å². The van der Waals surface area contributed by atoms with Crippen LogP contribution in [-0.4, -0.2) is 66.9 Å². The zero-order chi connectivity index (χ0) is 22.1. The van der Waals surface area contributed by atoms with Crippen LogP contribution in [0.1, 0.15) is 18.7 Å². The van der Waals surface area contributed by atoms with Crippen molar-refractivity contribution in [1.82, 2.24) is 39.6 Å². The van der Waals surface area contributed by atoms with Crippen molar-refractivity contribution in [2.24, 2.45) is 5.92 Å². The molecule has 3 aromatic heterocycles. The Bertz CT molecular complexity index is 1270. The number of benzene rings is 1. The molecule has 0 bridgehead atoms. The third kappa shape index (κ3) is 4.19. The Morgan fingerprint density at radius 2 is 1.88 bits per heavy atom. The molecule has 0 spiro atoms. The van der Waals surface area contributed by atoms with Gasteiger partial charge in [0.1, 0.15) is 5.82 Å². The predicted molar refractivity (Wildman–Crippen MR) is 120 cm³/mol. The first-order valence-electron chi connectivity index (χ1n) is 10.8. The van der Waals surface area contributed by atoms with E-state index in [0.29, 0.717) is 41.8 Å². The summed E-state index contributed by atoms with van der Waals surface area (Å²) in [5.74, 6) is 1.88. The standard InChI is InChI=1S/C22H26N8O2/c1-29(2)13-18-25-19(28-27-18)16-5-3-15(4-6-16)17-11-23-20-21(24-17)30(22(31)26-20)12-14-7-9-32-10-8-14/h3-6,11,14H,7-10,12-13H2,1-2H3,(H,23,26,31)(H,25,27,28). The Kier molecular flexibility index (Phi) is 5.54. The minimum Gasteiger partial charge on any atom is -0.381 e. The van der Waals surface area contributed by atoms with Crippen LogP contribution in [0.3, 0.4) is 0 Å². The van der Waals surface area contributed by atoms with Crippen molar-refractivity contribution in [3.05, 3.63) is 46.8 Å². The normalized spacial score (nSPS) is 15.1. The number of aromatic nitrogens is 7. The minimum absolute atomic E-state index is 0.169. The average molecular weight is 435 g/mol. The van der Waals surface area contributed by atoms with Gasteiger partial charge in [-0.25, -0.2) is 19.7 Å². The summed E-state index contributed by atoms with van der Waals surface area (Å²) in [7, 11) is 3.98. The average Bonchev–Trinajstić information content (AvgIpc) is 3.38. The van der Waals surface area contributed by atoms with Gasteiger partial charge >= 0.3 is 5.69 Å². The van der Waals surface area contributed by atoms with Gasteiger partial charge in [0.2, 0.25) is 0 Å². The fourth-order valence-corrected chi connectivity index (χ4v) is 4.00. The molecule has 1 aliphatic rings. The fraction of sp³-hybridized carbons (Fsp3) is 0.409. The van der Waals surface area contributed by atoms with Gasteiger partial charge < -0.3 is 9.64 Å². The van der Waals surface area contributed by atoms with Crippen LogP contribution in [0, 0.1) is 5.92 Å². The lowest BCUT2D eigenvalue weighted by molar-refractivity contribution is 0.0613. The molecule has 0 saturated carbocycles. The highest BCUT2D eigenvalue weighted by Gasteiger charge is 2.19. The van der Waals surface area contributed by atoms with Gasteiger partial charge in [-0.05, 0) is 32.9 Å². The maximum absolute atomic E-state index is 12.5. The molecule has 1 fully saturated rings. The van der Waals surface area contributed by atoms with Crippen LogP contribution in [0.15, 0.2) is 35.3 Å². The van der Waals surface area contributed by atoms with Gasteiger partial charge in [-0.15, -0.1) is 0 Å². The summed E-state index contributed by atoms with van der Waals surface area (Å²) in [6.07, 6.45) is 3.59. The number of aromatic amines is 2. The van der Waals surface area contributed by atoms with Gasteiger partial charge in [-0.1, -0.05) is 24.3 Å². The largest absolute Gasteiger partial charge is 0.381 e. The summed E-state index contributed by atoms with van der Waals surface area (Å²) in [6, 6.07) is 7.88. The minimum atomic E-state index is -0.169. The molecule has 0 amide bonds. The van der Waals surface area contributed by atoms with Crippen molar-refractivity contribution in [3.8, 4) is 22.6 Å². The number of H-pyrrole nitrogens is 2. The Labute approximate surface area is 184 Å². The molecule has 1 saturated heterocycles. The van der Waals surface area contributed by atoms with Crippen molar-refractivity contribution in [2.45, 2.75) is 25.9 Å². The van der Waals surface area contributed by atoms with Crippen molar-refractivity contribution >= 4 is 11.3 Å². The summed E-state index contributed by atoms with van der Waals surface area (Å²) < 4.78 is 7.14. The molecule has 5 rings (SSSR count). The van der Waals surface area contributed by atoms with Crippen molar-refractivity contribution in [3.63, 3.8) is 0 Å². The van der Waals surface area contributed by atoms with Gasteiger partial charge in [-0.3, -0.25) is 14.6 Å². The maximum atomic E-state index is 12.5. The number of imidazole rings is 1. The molecule has 0 atom stereocenters. The van der Waals surface area contributed by atoms with E-state index < -0.39 is 0 Å². The third-order valence-corrected chi connectivity index (χ3v) is 5.70.